The highest BCUT2D eigenvalue weighted by molar-refractivity contribution is 5.94. The van der Waals surface area contributed by atoms with Gasteiger partial charge in [-0.15, -0.1) is 0 Å². The number of hydrogen-bond acceptors (Lipinski definition) is 10. The third kappa shape index (κ3) is 9.68. The number of fused-ring (bicyclic) bond motifs is 1. The molecule has 0 saturated carbocycles. The number of nitrogens with two attached hydrogens (primary N) is 1. The first-order valence-electron chi connectivity index (χ1n) is 13.7. The summed E-state index contributed by atoms with van der Waals surface area (Å²) in [6.07, 6.45) is 4.01. The maximum absolute atomic E-state index is 13.0. The van der Waals surface area contributed by atoms with Crippen molar-refractivity contribution in [2.45, 2.75) is 19.6 Å². The first-order chi connectivity index (χ1) is 20.2. The van der Waals surface area contributed by atoms with Crippen molar-refractivity contribution in [2.75, 3.05) is 66.4 Å². The van der Waals surface area contributed by atoms with Gasteiger partial charge >= 0.3 is 0 Å². The molecule has 0 bridgehead atoms. The molecule has 2 aromatic heterocycles. The number of benzene rings is 1. The number of hydrogen-bond donors (Lipinski definition) is 1. The van der Waals surface area contributed by atoms with E-state index in [9.17, 15) is 4.79 Å². The zero-order valence-electron chi connectivity index (χ0n) is 23.5. The van der Waals surface area contributed by atoms with Crippen LogP contribution < -0.4 is 19.9 Å². The number of aromatic nitrogens is 2. The van der Waals surface area contributed by atoms with Crippen molar-refractivity contribution in [3.8, 4) is 17.4 Å². The van der Waals surface area contributed by atoms with Gasteiger partial charge in [-0.05, 0) is 47.9 Å². The number of rotatable bonds is 17. The highest BCUT2D eigenvalue weighted by Gasteiger charge is 2.22. The average Bonchev–Trinajstić information content (AvgIpc) is 3.02. The van der Waals surface area contributed by atoms with Crippen LogP contribution in [0.1, 0.15) is 27.2 Å². The summed E-state index contributed by atoms with van der Waals surface area (Å²) >= 11 is 0. The van der Waals surface area contributed by atoms with Crippen LogP contribution in [0.15, 0.2) is 54.9 Å². The van der Waals surface area contributed by atoms with Crippen LogP contribution in [0, 0.1) is 0 Å². The maximum atomic E-state index is 13.0. The monoisotopic (exact) mass is 566 g/mol. The fraction of sp³-hybridized carbons (Fsp3) is 0.433. The van der Waals surface area contributed by atoms with Gasteiger partial charge in [-0.1, -0.05) is 6.07 Å². The van der Waals surface area contributed by atoms with E-state index in [0.717, 1.165) is 23.4 Å². The maximum Gasteiger partial charge on any atom is 0.255 e. The molecule has 1 aliphatic rings. The molecule has 3 heterocycles. The van der Waals surface area contributed by atoms with Crippen LogP contribution in [0.2, 0.25) is 0 Å². The second kappa shape index (κ2) is 16.5. The molecular weight excluding hydrogens is 528 g/mol. The van der Waals surface area contributed by atoms with Crippen molar-refractivity contribution in [3.05, 3.63) is 77.2 Å². The van der Waals surface area contributed by atoms with Gasteiger partial charge in [-0.25, -0.2) is 4.98 Å². The molecule has 220 valence electrons. The Balaban J connectivity index is 1.16. The highest BCUT2D eigenvalue weighted by Crippen LogP contribution is 2.26. The number of ether oxygens (including phenoxy) is 6. The smallest absolute Gasteiger partial charge is 0.255 e. The lowest BCUT2D eigenvalue weighted by atomic mass is 9.99. The summed E-state index contributed by atoms with van der Waals surface area (Å²) in [4.78, 5) is 23.4. The molecule has 1 aliphatic heterocycles. The number of nitrogens with zero attached hydrogens (tertiary/aromatic N) is 3. The second-order valence-corrected chi connectivity index (χ2v) is 9.24. The second-order valence-electron chi connectivity index (χ2n) is 9.24. The van der Waals surface area contributed by atoms with E-state index in [0.29, 0.717) is 89.7 Å². The lowest BCUT2D eigenvalue weighted by Crippen LogP contribution is -2.36. The topological polar surface area (TPSA) is 127 Å². The van der Waals surface area contributed by atoms with Gasteiger partial charge in [-0.2, -0.15) is 0 Å². The first kappa shape index (κ1) is 30.2. The third-order valence-corrected chi connectivity index (χ3v) is 6.36. The molecule has 0 radical (unpaired) electrons. The Hall–Kier alpha value is -3.77. The Bertz CT molecular complexity index is 1210. The van der Waals surface area contributed by atoms with Crippen molar-refractivity contribution >= 4 is 5.91 Å². The quantitative estimate of drug-likeness (QED) is 0.244. The van der Waals surface area contributed by atoms with Crippen LogP contribution in [0.3, 0.4) is 0 Å². The standard InChI is InChI=1S/C30H38N4O7/c1-36-29-7-3-24(19-33-29)30(35)34-10-8-23-2-5-27(18-25(23)21-34)41-22-26-4-6-28(20-32-26)40-17-16-39-15-14-38-13-12-37-11-9-31/h2-7,18-20H,8-17,21-22,31H2,1H3. The number of pyridine rings is 2. The van der Waals surface area contributed by atoms with Crippen LogP contribution in [0.25, 0.3) is 0 Å². The molecule has 0 spiro atoms. The first-order valence-corrected chi connectivity index (χ1v) is 13.7. The lowest BCUT2D eigenvalue weighted by Gasteiger charge is -2.29. The van der Waals surface area contributed by atoms with Crippen LogP contribution in [-0.2, 0) is 33.8 Å². The molecule has 3 aromatic rings. The molecule has 41 heavy (non-hydrogen) atoms. The number of methoxy groups -OCH3 is 1. The molecule has 0 fully saturated rings. The summed E-state index contributed by atoms with van der Waals surface area (Å²) < 4.78 is 32.9. The molecule has 2 N–H and O–H groups in total. The fourth-order valence-corrected chi connectivity index (χ4v) is 4.19. The fourth-order valence-electron chi connectivity index (χ4n) is 4.19. The summed E-state index contributed by atoms with van der Waals surface area (Å²) in [5, 5.41) is 0. The molecule has 0 aliphatic carbocycles. The van der Waals surface area contributed by atoms with Crippen molar-refractivity contribution in [2.24, 2.45) is 5.73 Å². The van der Waals surface area contributed by atoms with E-state index >= 15 is 0 Å². The Morgan fingerprint density at radius 1 is 0.829 bits per heavy atom. The molecule has 11 nitrogen and oxygen atoms in total. The lowest BCUT2D eigenvalue weighted by molar-refractivity contribution is 0.0105. The van der Waals surface area contributed by atoms with E-state index < -0.39 is 0 Å². The summed E-state index contributed by atoms with van der Waals surface area (Å²) in [7, 11) is 1.55. The Kier molecular flexibility index (Phi) is 12.1. The minimum Gasteiger partial charge on any atom is -0.490 e. The normalized spacial score (nSPS) is 12.6. The SMILES string of the molecule is COc1ccc(C(=O)N2CCc3ccc(OCc4ccc(OCCOCCOCCOCCN)cn4)cc3C2)cn1. The number of carbonyl (C=O) groups excluding carboxylic acids is 1. The van der Waals surface area contributed by atoms with E-state index in [4.69, 9.17) is 34.2 Å². The van der Waals surface area contributed by atoms with Crippen LogP contribution in [-0.4, -0.2) is 87.2 Å². The van der Waals surface area contributed by atoms with Gasteiger partial charge in [0.15, 0.2) is 0 Å². The van der Waals surface area contributed by atoms with Crippen LogP contribution in [0.5, 0.6) is 17.4 Å². The Morgan fingerprint density at radius 3 is 2.27 bits per heavy atom. The van der Waals surface area contributed by atoms with Crippen LogP contribution in [0.4, 0.5) is 0 Å². The van der Waals surface area contributed by atoms with Gasteiger partial charge in [0.25, 0.3) is 5.91 Å². The largest absolute Gasteiger partial charge is 0.490 e. The van der Waals surface area contributed by atoms with Crippen LogP contribution >= 0.6 is 0 Å². The molecular formula is C30H38N4O7. The highest BCUT2D eigenvalue weighted by atomic mass is 16.6. The average molecular weight is 567 g/mol. The minimum absolute atomic E-state index is 0.0514. The predicted octanol–water partition coefficient (Wildman–Crippen LogP) is 2.65. The van der Waals surface area contributed by atoms with E-state index in [1.165, 1.54) is 5.56 Å². The van der Waals surface area contributed by atoms with Crippen molar-refractivity contribution in [3.63, 3.8) is 0 Å². The molecule has 1 aromatic carbocycles. The number of carbonyl (C=O) groups is 1. The predicted molar refractivity (Wildman–Crippen MR) is 151 cm³/mol. The van der Waals surface area contributed by atoms with Gasteiger partial charge in [0, 0.05) is 31.9 Å². The van der Waals surface area contributed by atoms with Gasteiger partial charge in [0.1, 0.15) is 24.7 Å². The van der Waals surface area contributed by atoms with E-state index in [1.807, 2.05) is 29.2 Å². The Morgan fingerprint density at radius 2 is 1.59 bits per heavy atom. The molecule has 4 rings (SSSR count). The van der Waals surface area contributed by atoms with Crippen molar-refractivity contribution in [1.82, 2.24) is 14.9 Å². The van der Waals surface area contributed by atoms with E-state index in [-0.39, 0.29) is 5.91 Å². The molecule has 11 heteroatoms. The summed E-state index contributed by atoms with van der Waals surface area (Å²) in [5.74, 6) is 1.82. The molecule has 0 unspecified atom stereocenters. The summed E-state index contributed by atoms with van der Waals surface area (Å²) in [6.45, 7) is 5.48. The van der Waals surface area contributed by atoms with Gasteiger partial charge in [0.2, 0.25) is 5.88 Å². The molecule has 0 atom stereocenters. The zero-order valence-corrected chi connectivity index (χ0v) is 23.5. The van der Waals surface area contributed by atoms with Gasteiger partial charge < -0.3 is 39.1 Å². The van der Waals surface area contributed by atoms with E-state index in [1.54, 1.807) is 31.6 Å². The van der Waals surface area contributed by atoms with E-state index in [2.05, 4.69) is 16.0 Å². The minimum atomic E-state index is -0.0514. The number of amides is 1. The third-order valence-electron chi connectivity index (χ3n) is 6.36. The molecule has 1 amide bonds. The Labute approximate surface area is 240 Å². The van der Waals surface area contributed by atoms with Gasteiger partial charge in [0.05, 0.1) is 64.2 Å². The molecule has 0 saturated heterocycles. The van der Waals surface area contributed by atoms with Crippen molar-refractivity contribution in [1.29, 1.82) is 0 Å². The summed E-state index contributed by atoms with van der Waals surface area (Å²) in [6, 6.07) is 13.2. The van der Waals surface area contributed by atoms with Gasteiger partial charge in [-0.3, -0.25) is 9.78 Å². The van der Waals surface area contributed by atoms with Crippen molar-refractivity contribution < 1.29 is 33.2 Å². The summed E-state index contributed by atoms with van der Waals surface area (Å²) in [5.41, 5.74) is 8.97. The zero-order chi connectivity index (χ0) is 28.7.